The number of nitrogens with two attached hydrogens (primary N) is 1. The lowest BCUT2D eigenvalue weighted by atomic mass is 10.2. The van der Waals surface area contributed by atoms with E-state index in [4.69, 9.17) is 5.73 Å². The fraction of sp³-hybridized carbons (Fsp3) is 0.200. The van der Waals surface area contributed by atoms with E-state index in [1.165, 1.54) is 18.0 Å². The van der Waals surface area contributed by atoms with Crippen molar-refractivity contribution in [1.82, 2.24) is 19.6 Å². The number of aryl methyl sites for hydroxylation is 1. The van der Waals surface area contributed by atoms with Crippen LogP contribution in [0.15, 0.2) is 30.5 Å². The van der Waals surface area contributed by atoms with E-state index in [9.17, 15) is 9.59 Å². The summed E-state index contributed by atoms with van der Waals surface area (Å²) in [6, 6.07) is 7.39. The number of methoxy groups -OCH3 is 1. The summed E-state index contributed by atoms with van der Waals surface area (Å²) in [5.74, 6) is -0.0156. The third-order valence-corrected chi connectivity index (χ3v) is 3.54. The Kier molecular flexibility index (Phi) is 3.90. The predicted molar refractivity (Wildman–Crippen MR) is 87.8 cm³/mol. The van der Waals surface area contributed by atoms with Crippen LogP contribution in [-0.2, 0) is 11.3 Å². The maximum Gasteiger partial charge on any atom is 0.412 e. The van der Waals surface area contributed by atoms with Gasteiger partial charge in [0.1, 0.15) is 6.54 Å². The summed E-state index contributed by atoms with van der Waals surface area (Å²) in [6.07, 6.45) is 0.785. The van der Waals surface area contributed by atoms with Gasteiger partial charge in [0, 0.05) is 11.1 Å². The Balaban J connectivity index is 1.86. The van der Waals surface area contributed by atoms with Crippen molar-refractivity contribution < 1.29 is 14.3 Å². The van der Waals surface area contributed by atoms with Crippen LogP contribution in [0.4, 0.5) is 16.3 Å². The molecular formula is C15H16N6O3. The van der Waals surface area contributed by atoms with Crippen LogP contribution < -0.4 is 11.1 Å². The summed E-state index contributed by atoms with van der Waals surface area (Å²) < 4.78 is 7.36. The number of ether oxygens (including phenoxy) is 1. The molecule has 124 valence electrons. The van der Waals surface area contributed by atoms with Gasteiger partial charge in [0.05, 0.1) is 24.5 Å². The quantitative estimate of drug-likeness (QED) is 0.706. The van der Waals surface area contributed by atoms with Gasteiger partial charge in [-0.3, -0.25) is 14.7 Å². The topological polar surface area (TPSA) is 117 Å². The lowest BCUT2D eigenvalue weighted by molar-refractivity contribution is 0.0889. The van der Waals surface area contributed by atoms with Gasteiger partial charge in [-0.25, -0.2) is 9.48 Å². The zero-order chi connectivity index (χ0) is 17.3. The fourth-order valence-electron chi connectivity index (χ4n) is 2.54. The second-order valence-electron chi connectivity index (χ2n) is 5.22. The van der Waals surface area contributed by atoms with Crippen molar-refractivity contribution in [2.45, 2.75) is 13.5 Å². The van der Waals surface area contributed by atoms with Crippen LogP contribution in [-0.4, -0.2) is 38.7 Å². The first-order chi connectivity index (χ1) is 11.5. The summed E-state index contributed by atoms with van der Waals surface area (Å²) in [5.41, 5.74) is 7.99. The number of para-hydroxylation sites is 1. The van der Waals surface area contributed by atoms with Crippen molar-refractivity contribution in [3.05, 3.63) is 36.2 Å². The van der Waals surface area contributed by atoms with E-state index in [1.54, 1.807) is 10.6 Å². The van der Waals surface area contributed by atoms with Crippen molar-refractivity contribution in [3.8, 4) is 0 Å². The Morgan fingerprint density at radius 3 is 2.92 bits per heavy atom. The standard InChI is InChI=1S/C15H16N6O3/c1-9-6-10-4-3-5-11(16)14(10)21(9)13(22)8-20-7-12(18-19-20)17-15(23)24-2/h3-7H,8,16H2,1-2H3,(H,17,23). The number of nitrogens with zero attached hydrogens (tertiary/aromatic N) is 4. The number of hydrogen-bond acceptors (Lipinski definition) is 6. The van der Waals surface area contributed by atoms with Gasteiger partial charge in [-0.15, -0.1) is 5.10 Å². The van der Waals surface area contributed by atoms with E-state index in [1.807, 2.05) is 25.1 Å². The van der Waals surface area contributed by atoms with Gasteiger partial charge < -0.3 is 10.5 Å². The van der Waals surface area contributed by atoms with E-state index in [0.717, 1.165) is 11.1 Å². The number of carbonyl (C=O) groups is 2. The minimum Gasteiger partial charge on any atom is -0.453 e. The number of hydrogen-bond donors (Lipinski definition) is 2. The second kappa shape index (κ2) is 6.03. The Labute approximate surface area is 137 Å². The van der Waals surface area contributed by atoms with Crippen molar-refractivity contribution in [3.63, 3.8) is 0 Å². The van der Waals surface area contributed by atoms with Gasteiger partial charge >= 0.3 is 6.09 Å². The minimum absolute atomic E-state index is 0.0468. The number of carbonyl (C=O) groups excluding carboxylic acids is 2. The molecule has 3 rings (SSSR count). The first kappa shape index (κ1) is 15.5. The molecule has 0 unspecified atom stereocenters. The molecule has 3 aromatic rings. The van der Waals surface area contributed by atoms with Crippen LogP contribution in [0.1, 0.15) is 10.5 Å². The summed E-state index contributed by atoms with van der Waals surface area (Å²) in [6.45, 7) is 1.79. The molecule has 2 aromatic heterocycles. The molecule has 3 N–H and O–H groups in total. The molecule has 0 aliphatic heterocycles. The second-order valence-corrected chi connectivity index (χ2v) is 5.22. The maximum absolute atomic E-state index is 12.7. The number of anilines is 2. The SMILES string of the molecule is COC(=O)Nc1cn(CC(=O)n2c(C)cc3cccc(N)c32)nn1. The lowest BCUT2D eigenvalue weighted by Gasteiger charge is -2.08. The largest absolute Gasteiger partial charge is 0.453 e. The summed E-state index contributed by atoms with van der Waals surface area (Å²) in [4.78, 5) is 23.8. The highest BCUT2D eigenvalue weighted by molar-refractivity contribution is 5.99. The Hall–Kier alpha value is -3.36. The minimum atomic E-state index is -0.659. The lowest BCUT2D eigenvalue weighted by Crippen LogP contribution is -2.19. The molecule has 0 spiro atoms. The molecule has 0 saturated heterocycles. The highest BCUT2D eigenvalue weighted by Crippen LogP contribution is 2.25. The van der Waals surface area contributed by atoms with Crippen LogP contribution in [0.25, 0.3) is 10.9 Å². The zero-order valence-electron chi connectivity index (χ0n) is 13.2. The van der Waals surface area contributed by atoms with Crippen molar-refractivity contribution in [2.75, 3.05) is 18.2 Å². The van der Waals surface area contributed by atoms with E-state index < -0.39 is 6.09 Å². The number of aromatic nitrogens is 4. The molecule has 24 heavy (non-hydrogen) atoms. The monoisotopic (exact) mass is 328 g/mol. The van der Waals surface area contributed by atoms with Crippen LogP contribution in [0, 0.1) is 6.92 Å². The Bertz CT molecular complexity index is 927. The van der Waals surface area contributed by atoms with Gasteiger partial charge in [-0.2, -0.15) is 0 Å². The number of amides is 1. The normalized spacial score (nSPS) is 10.8. The van der Waals surface area contributed by atoms with Crippen LogP contribution >= 0.6 is 0 Å². The Morgan fingerprint density at radius 1 is 1.38 bits per heavy atom. The van der Waals surface area contributed by atoms with E-state index >= 15 is 0 Å². The van der Waals surface area contributed by atoms with Gasteiger partial charge in [-0.05, 0) is 19.1 Å². The molecule has 9 nitrogen and oxygen atoms in total. The molecule has 0 saturated carbocycles. The molecular weight excluding hydrogens is 312 g/mol. The fourth-order valence-corrected chi connectivity index (χ4v) is 2.54. The van der Waals surface area contributed by atoms with Gasteiger partial charge in [0.2, 0.25) is 0 Å². The molecule has 0 aliphatic carbocycles. The van der Waals surface area contributed by atoms with Crippen molar-refractivity contribution >= 4 is 34.4 Å². The number of rotatable bonds is 3. The molecule has 0 atom stereocenters. The van der Waals surface area contributed by atoms with Crippen LogP contribution in [0.2, 0.25) is 0 Å². The molecule has 1 aromatic carbocycles. The van der Waals surface area contributed by atoms with Crippen molar-refractivity contribution in [2.24, 2.45) is 0 Å². The maximum atomic E-state index is 12.7. The number of fused-ring (bicyclic) bond motifs is 1. The molecule has 9 heteroatoms. The Morgan fingerprint density at radius 2 is 2.17 bits per heavy atom. The van der Waals surface area contributed by atoms with E-state index in [2.05, 4.69) is 20.4 Å². The summed E-state index contributed by atoms with van der Waals surface area (Å²) in [5, 5.41) is 10.8. The first-order valence-corrected chi connectivity index (χ1v) is 7.14. The van der Waals surface area contributed by atoms with Gasteiger partial charge in [-0.1, -0.05) is 17.3 Å². The first-order valence-electron chi connectivity index (χ1n) is 7.14. The average molecular weight is 328 g/mol. The number of benzene rings is 1. The third kappa shape index (κ3) is 2.78. The molecule has 1 amide bonds. The van der Waals surface area contributed by atoms with Crippen molar-refractivity contribution in [1.29, 1.82) is 0 Å². The molecule has 0 fully saturated rings. The highest BCUT2D eigenvalue weighted by atomic mass is 16.5. The van der Waals surface area contributed by atoms with Crippen LogP contribution in [0.3, 0.4) is 0 Å². The zero-order valence-corrected chi connectivity index (χ0v) is 13.2. The third-order valence-electron chi connectivity index (χ3n) is 3.54. The van der Waals surface area contributed by atoms with Gasteiger partial charge in [0.15, 0.2) is 5.82 Å². The average Bonchev–Trinajstić information content (AvgIpc) is 3.11. The molecule has 0 aliphatic rings. The number of nitrogen functional groups attached to an aromatic ring is 1. The molecule has 0 radical (unpaired) electrons. The molecule has 0 bridgehead atoms. The van der Waals surface area contributed by atoms with E-state index in [-0.39, 0.29) is 18.3 Å². The number of nitrogens with one attached hydrogen (secondary N) is 1. The smallest absolute Gasteiger partial charge is 0.412 e. The van der Waals surface area contributed by atoms with Gasteiger partial charge in [0.25, 0.3) is 5.91 Å². The van der Waals surface area contributed by atoms with Crippen LogP contribution in [0.5, 0.6) is 0 Å². The summed E-state index contributed by atoms with van der Waals surface area (Å²) >= 11 is 0. The summed E-state index contributed by atoms with van der Waals surface area (Å²) in [7, 11) is 1.24. The highest BCUT2D eigenvalue weighted by Gasteiger charge is 2.16. The predicted octanol–water partition coefficient (Wildman–Crippen LogP) is 1.64. The molecule has 2 heterocycles. The van der Waals surface area contributed by atoms with E-state index in [0.29, 0.717) is 11.2 Å².